The fourth-order valence-corrected chi connectivity index (χ4v) is 2.44. The molecule has 0 unspecified atom stereocenters. The van der Waals surface area contributed by atoms with Gasteiger partial charge in [-0.05, 0) is 25.2 Å². The van der Waals surface area contributed by atoms with E-state index in [1.165, 1.54) is 6.20 Å². The Hall–Kier alpha value is -0.880. The van der Waals surface area contributed by atoms with E-state index in [1.54, 1.807) is 6.92 Å². The van der Waals surface area contributed by atoms with Crippen LogP contribution < -0.4 is 4.72 Å². The smallest absolute Gasteiger partial charge is 0.257 e. The molecular formula is C9H15N3O2S. The molecule has 0 aliphatic heterocycles. The number of nitrogens with one attached hydrogen (secondary N) is 2. The second kappa shape index (κ2) is 3.31. The van der Waals surface area contributed by atoms with Crippen LogP contribution in [0.1, 0.15) is 25.6 Å². The molecule has 84 valence electrons. The molecule has 1 aliphatic rings. The molecule has 0 aromatic carbocycles. The highest BCUT2D eigenvalue weighted by molar-refractivity contribution is 7.89. The van der Waals surface area contributed by atoms with Gasteiger partial charge in [0, 0.05) is 6.54 Å². The molecule has 1 fully saturated rings. The van der Waals surface area contributed by atoms with Gasteiger partial charge < -0.3 is 4.98 Å². The maximum absolute atomic E-state index is 11.7. The maximum Gasteiger partial charge on any atom is 0.257 e. The molecule has 5 nitrogen and oxygen atoms in total. The van der Waals surface area contributed by atoms with Gasteiger partial charge in [-0.1, -0.05) is 6.92 Å². The first kappa shape index (κ1) is 10.6. The van der Waals surface area contributed by atoms with Crippen LogP contribution in [-0.2, 0) is 10.0 Å². The van der Waals surface area contributed by atoms with E-state index in [9.17, 15) is 8.42 Å². The van der Waals surface area contributed by atoms with Crippen molar-refractivity contribution in [1.82, 2.24) is 14.7 Å². The summed E-state index contributed by atoms with van der Waals surface area (Å²) < 4.78 is 26.1. The number of aromatic nitrogens is 2. The first-order valence-electron chi connectivity index (χ1n) is 4.93. The third-order valence-corrected chi connectivity index (χ3v) is 4.07. The Morgan fingerprint density at radius 2 is 2.27 bits per heavy atom. The Bertz CT molecular complexity index is 459. The van der Waals surface area contributed by atoms with Gasteiger partial charge in [-0.3, -0.25) is 0 Å². The molecular weight excluding hydrogens is 214 g/mol. The van der Waals surface area contributed by atoms with Crippen molar-refractivity contribution in [3.63, 3.8) is 0 Å². The molecule has 0 amide bonds. The second-order valence-corrected chi connectivity index (χ2v) is 6.20. The van der Waals surface area contributed by atoms with Crippen molar-refractivity contribution in [2.45, 2.75) is 31.7 Å². The van der Waals surface area contributed by atoms with E-state index >= 15 is 0 Å². The summed E-state index contributed by atoms with van der Waals surface area (Å²) >= 11 is 0. The third kappa shape index (κ3) is 2.38. The average molecular weight is 229 g/mol. The van der Waals surface area contributed by atoms with Crippen molar-refractivity contribution in [3.05, 3.63) is 12.0 Å². The van der Waals surface area contributed by atoms with Crippen molar-refractivity contribution < 1.29 is 8.42 Å². The molecule has 1 aliphatic carbocycles. The third-order valence-electron chi connectivity index (χ3n) is 2.76. The molecule has 1 aromatic heterocycles. The summed E-state index contributed by atoms with van der Waals surface area (Å²) in [5.74, 6) is 0.605. The number of hydrogen-bond acceptors (Lipinski definition) is 3. The topological polar surface area (TPSA) is 74.8 Å². The minimum atomic E-state index is -3.40. The van der Waals surface area contributed by atoms with E-state index in [0.717, 1.165) is 12.8 Å². The van der Waals surface area contributed by atoms with E-state index < -0.39 is 10.0 Å². The van der Waals surface area contributed by atoms with E-state index in [1.807, 2.05) is 0 Å². The van der Waals surface area contributed by atoms with Crippen LogP contribution in [-0.4, -0.2) is 24.9 Å². The van der Waals surface area contributed by atoms with Crippen LogP contribution >= 0.6 is 0 Å². The van der Waals surface area contributed by atoms with E-state index in [4.69, 9.17) is 0 Å². The SMILES string of the molecule is Cc1ncc(S(=O)(=O)NCC2(C)CC2)[nH]1. The lowest BCUT2D eigenvalue weighted by Gasteiger charge is -2.09. The van der Waals surface area contributed by atoms with Crippen molar-refractivity contribution in [3.8, 4) is 0 Å². The van der Waals surface area contributed by atoms with Gasteiger partial charge in [0.1, 0.15) is 5.82 Å². The predicted molar refractivity (Wildman–Crippen MR) is 55.9 cm³/mol. The van der Waals surface area contributed by atoms with Crippen LogP contribution in [0.25, 0.3) is 0 Å². The van der Waals surface area contributed by atoms with E-state index in [0.29, 0.717) is 12.4 Å². The molecule has 2 rings (SSSR count). The summed E-state index contributed by atoms with van der Waals surface area (Å²) in [4.78, 5) is 6.58. The molecule has 0 saturated heterocycles. The lowest BCUT2D eigenvalue weighted by atomic mass is 10.2. The molecule has 6 heteroatoms. The van der Waals surface area contributed by atoms with Gasteiger partial charge in [-0.2, -0.15) is 0 Å². The van der Waals surface area contributed by atoms with Crippen LogP contribution in [0, 0.1) is 12.3 Å². The van der Waals surface area contributed by atoms with Gasteiger partial charge in [-0.25, -0.2) is 18.1 Å². The summed E-state index contributed by atoms with van der Waals surface area (Å²) in [6, 6.07) is 0. The van der Waals surface area contributed by atoms with Crippen molar-refractivity contribution in [2.75, 3.05) is 6.54 Å². The highest BCUT2D eigenvalue weighted by atomic mass is 32.2. The molecule has 0 atom stereocenters. The lowest BCUT2D eigenvalue weighted by Crippen LogP contribution is -2.29. The van der Waals surface area contributed by atoms with Gasteiger partial charge in [0.25, 0.3) is 10.0 Å². The van der Waals surface area contributed by atoms with Gasteiger partial charge in [0.2, 0.25) is 0 Å². The van der Waals surface area contributed by atoms with Crippen molar-refractivity contribution >= 4 is 10.0 Å². The van der Waals surface area contributed by atoms with Crippen LogP contribution in [0.15, 0.2) is 11.2 Å². The number of H-pyrrole nitrogens is 1. The van der Waals surface area contributed by atoms with Crippen molar-refractivity contribution in [2.24, 2.45) is 5.41 Å². The molecule has 1 saturated carbocycles. The molecule has 0 spiro atoms. The Morgan fingerprint density at radius 3 is 2.73 bits per heavy atom. The number of nitrogens with zero attached hydrogens (tertiary/aromatic N) is 1. The number of aryl methyl sites for hydroxylation is 1. The minimum absolute atomic E-state index is 0.143. The standard InChI is InChI=1S/C9H15N3O2S/c1-7-10-5-8(12-7)15(13,14)11-6-9(2)3-4-9/h5,11H,3-4,6H2,1-2H3,(H,10,12). The van der Waals surface area contributed by atoms with Gasteiger partial charge in [-0.15, -0.1) is 0 Å². The van der Waals surface area contributed by atoms with Crippen LogP contribution in [0.4, 0.5) is 0 Å². The highest BCUT2D eigenvalue weighted by Crippen LogP contribution is 2.44. The Labute approximate surface area is 89.4 Å². The monoisotopic (exact) mass is 229 g/mol. The van der Waals surface area contributed by atoms with Crippen LogP contribution in [0.2, 0.25) is 0 Å². The summed E-state index contributed by atoms with van der Waals surface area (Å²) in [6.45, 7) is 4.31. The Morgan fingerprint density at radius 1 is 1.60 bits per heavy atom. The zero-order valence-electron chi connectivity index (χ0n) is 8.87. The van der Waals surface area contributed by atoms with Gasteiger partial charge >= 0.3 is 0 Å². The quantitative estimate of drug-likeness (QED) is 0.801. The fraction of sp³-hybridized carbons (Fsp3) is 0.667. The maximum atomic E-state index is 11.7. The highest BCUT2D eigenvalue weighted by Gasteiger charge is 2.38. The Kier molecular flexibility index (Phi) is 2.35. The summed E-state index contributed by atoms with van der Waals surface area (Å²) in [5, 5.41) is 0.143. The number of rotatable bonds is 4. The zero-order chi connectivity index (χ0) is 11.1. The average Bonchev–Trinajstić information content (AvgIpc) is 2.72. The van der Waals surface area contributed by atoms with Gasteiger partial charge in [0.15, 0.2) is 5.03 Å². The molecule has 15 heavy (non-hydrogen) atoms. The molecule has 2 N–H and O–H groups in total. The first-order chi connectivity index (χ1) is 6.91. The van der Waals surface area contributed by atoms with E-state index in [-0.39, 0.29) is 10.4 Å². The Balaban J connectivity index is 2.06. The predicted octanol–water partition coefficient (Wildman–Crippen LogP) is 0.797. The van der Waals surface area contributed by atoms with Gasteiger partial charge in [0.05, 0.1) is 6.20 Å². The zero-order valence-corrected chi connectivity index (χ0v) is 9.69. The molecule has 0 bridgehead atoms. The van der Waals surface area contributed by atoms with Crippen LogP contribution in [0.5, 0.6) is 0 Å². The minimum Gasteiger partial charge on any atom is -0.332 e. The first-order valence-corrected chi connectivity index (χ1v) is 6.41. The number of imidazole rings is 1. The molecule has 0 radical (unpaired) electrons. The lowest BCUT2D eigenvalue weighted by molar-refractivity contribution is 0.528. The largest absolute Gasteiger partial charge is 0.332 e. The summed E-state index contributed by atoms with van der Waals surface area (Å²) in [6.07, 6.45) is 3.53. The van der Waals surface area contributed by atoms with Crippen molar-refractivity contribution in [1.29, 1.82) is 0 Å². The summed E-state index contributed by atoms with van der Waals surface area (Å²) in [5.41, 5.74) is 0.169. The van der Waals surface area contributed by atoms with Crippen LogP contribution in [0.3, 0.4) is 0 Å². The number of aromatic amines is 1. The number of sulfonamides is 1. The van der Waals surface area contributed by atoms with E-state index in [2.05, 4.69) is 21.6 Å². The fourth-order valence-electron chi connectivity index (χ4n) is 1.27. The normalized spacial score (nSPS) is 19.1. The molecule has 1 aromatic rings. The second-order valence-electron chi connectivity index (χ2n) is 4.47. The molecule has 1 heterocycles. The number of hydrogen-bond donors (Lipinski definition) is 2. The summed E-state index contributed by atoms with van der Waals surface area (Å²) in [7, 11) is -3.40.